The topological polar surface area (TPSA) is 70.6 Å². The van der Waals surface area contributed by atoms with E-state index >= 15 is 0 Å². The molecule has 0 unspecified atom stereocenters. The molecule has 0 spiro atoms. The van der Waals surface area contributed by atoms with E-state index in [9.17, 15) is 9.59 Å². The van der Waals surface area contributed by atoms with Crippen LogP contribution in [-0.2, 0) is 21.5 Å². The van der Waals surface area contributed by atoms with Crippen molar-refractivity contribution in [2.24, 2.45) is 5.10 Å². The Morgan fingerprint density at radius 3 is 2.15 bits per heavy atom. The van der Waals surface area contributed by atoms with Crippen molar-refractivity contribution >= 4 is 18.0 Å². The fourth-order valence-corrected chi connectivity index (χ4v) is 2.25. The average Bonchev–Trinajstić information content (AvgIpc) is 2.60. The molecule has 26 heavy (non-hydrogen) atoms. The highest BCUT2D eigenvalue weighted by Gasteiger charge is 2.13. The lowest BCUT2D eigenvalue weighted by Gasteiger charge is -2.18. The summed E-state index contributed by atoms with van der Waals surface area (Å²) >= 11 is 0. The van der Waals surface area contributed by atoms with Gasteiger partial charge in [-0.3, -0.25) is 9.59 Å². The van der Waals surface area contributed by atoms with Crippen LogP contribution in [0.3, 0.4) is 0 Å². The van der Waals surface area contributed by atoms with E-state index in [1.54, 1.807) is 0 Å². The first-order valence-corrected chi connectivity index (χ1v) is 8.53. The Labute approximate surface area is 154 Å². The molecule has 0 aliphatic carbocycles. The quantitative estimate of drug-likeness (QED) is 0.505. The Bertz CT molecular complexity index is 786. The first kappa shape index (κ1) is 19.4. The van der Waals surface area contributed by atoms with Crippen molar-refractivity contribution in [3.8, 4) is 0 Å². The van der Waals surface area contributed by atoms with E-state index in [4.69, 9.17) is 0 Å². The molecule has 0 aliphatic rings. The van der Waals surface area contributed by atoms with Crippen molar-refractivity contribution in [1.82, 2.24) is 10.7 Å². The predicted molar refractivity (Wildman–Crippen MR) is 104 cm³/mol. The van der Waals surface area contributed by atoms with E-state index in [-0.39, 0.29) is 5.41 Å². The van der Waals surface area contributed by atoms with E-state index in [1.807, 2.05) is 55.5 Å². The second-order valence-electron chi connectivity index (χ2n) is 7.24. The van der Waals surface area contributed by atoms with Gasteiger partial charge < -0.3 is 5.32 Å². The van der Waals surface area contributed by atoms with Gasteiger partial charge in [0.25, 0.3) is 0 Å². The summed E-state index contributed by atoms with van der Waals surface area (Å²) in [4.78, 5) is 23.5. The van der Waals surface area contributed by atoms with Crippen molar-refractivity contribution in [3.63, 3.8) is 0 Å². The average molecular weight is 351 g/mol. The molecule has 0 aliphatic heterocycles. The molecule has 2 aromatic rings. The molecular weight excluding hydrogens is 326 g/mol. The Morgan fingerprint density at radius 2 is 1.58 bits per heavy atom. The molecule has 5 nitrogen and oxygen atoms in total. The minimum absolute atomic E-state index is 0.0828. The zero-order valence-corrected chi connectivity index (χ0v) is 15.7. The molecule has 0 saturated carbocycles. The molecule has 0 saturated heterocycles. The van der Waals surface area contributed by atoms with Gasteiger partial charge in [-0.05, 0) is 29.0 Å². The summed E-state index contributed by atoms with van der Waals surface area (Å²) < 4.78 is 0. The van der Waals surface area contributed by atoms with Crippen LogP contribution in [0.15, 0.2) is 53.6 Å². The van der Waals surface area contributed by atoms with E-state index in [2.05, 4.69) is 36.6 Å². The van der Waals surface area contributed by atoms with E-state index in [0.29, 0.717) is 6.54 Å². The fraction of sp³-hybridized carbons (Fsp3) is 0.286. The van der Waals surface area contributed by atoms with Gasteiger partial charge in [0.05, 0.1) is 6.21 Å². The molecule has 2 rings (SSSR count). The summed E-state index contributed by atoms with van der Waals surface area (Å²) in [5, 5.41) is 6.40. The van der Waals surface area contributed by atoms with Crippen LogP contribution >= 0.6 is 0 Å². The molecule has 2 N–H and O–H groups in total. The molecule has 0 aromatic heterocycles. The number of nitrogens with one attached hydrogen (secondary N) is 2. The normalized spacial score (nSPS) is 11.4. The highest BCUT2D eigenvalue weighted by atomic mass is 16.2. The van der Waals surface area contributed by atoms with Crippen molar-refractivity contribution in [2.75, 3.05) is 0 Å². The Balaban J connectivity index is 1.82. The van der Waals surface area contributed by atoms with E-state index in [0.717, 1.165) is 16.7 Å². The number of nitrogens with zero attached hydrogens (tertiary/aromatic N) is 1. The van der Waals surface area contributed by atoms with Gasteiger partial charge in [-0.2, -0.15) is 5.10 Å². The van der Waals surface area contributed by atoms with Crippen LogP contribution < -0.4 is 10.7 Å². The number of hydrogen-bond acceptors (Lipinski definition) is 3. The largest absolute Gasteiger partial charge is 0.344 e. The monoisotopic (exact) mass is 351 g/mol. The molecule has 5 heteroatoms. The number of hydrogen-bond donors (Lipinski definition) is 2. The lowest BCUT2D eigenvalue weighted by atomic mass is 9.87. The Kier molecular flexibility index (Phi) is 6.28. The second-order valence-corrected chi connectivity index (χ2v) is 7.24. The van der Waals surface area contributed by atoms with Crippen LogP contribution in [0.5, 0.6) is 0 Å². The van der Waals surface area contributed by atoms with Gasteiger partial charge >= 0.3 is 11.8 Å². The zero-order valence-electron chi connectivity index (χ0n) is 15.7. The highest BCUT2D eigenvalue weighted by Crippen LogP contribution is 2.21. The number of carbonyl (C=O) groups excluding carboxylic acids is 2. The smallest absolute Gasteiger partial charge is 0.329 e. The summed E-state index contributed by atoms with van der Waals surface area (Å²) in [5.74, 6) is -1.51. The molecule has 2 amide bonds. The molecule has 2 aromatic carbocycles. The van der Waals surface area contributed by atoms with Gasteiger partial charge in [-0.15, -0.1) is 0 Å². The standard InChI is InChI=1S/C21H25N3O2/c1-15-5-7-16(8-6-15)13-22-19(25)20(26)24-23-14-17-9-11-18(12-10-17)21(2,3)4/h5-12,14H,13H2,1-4H3,(H,22,25)(H,24,26)/b23-14-. The van der Waals surface area contributed by atoms with Crippen molar-refractivity contribution in [3.05, 3.63) is 70.8 Å². The first-order valence-electron chi connectivity index (χ1n) is 8.53. The molecular formula is C21H25N3O2. The van der Waals surface area contributed by atoms with Gasteiger partial charge in [0.15, 0.2) is 0 Å². The number of aryl methyl sites for hydroxylation is 1. The number of amides is 2. The SMILES string of the molecule is Cc1ccc(CNC(=O)C(=O)N/N=C\c2ccc(C(C)(C)C)cc2)cc1. The van der Waals surface area contributed by atoms with Crippen LogP contribution in [0.4, 0.5) is 0 Å². The van der Waals surface area contributed by atoms with E-state index in [1.165, 1.54) is 11.8 Å². The maximum absolute atomic E-state index is 11.8. The Morgan fingerprint density at radius 1 is 0.962 bits per heavy atom. The third kappa shape index (κ3) is 5.84. The third-order valence-corrected chi connectivity index (χ3v) is 3.94. The minimum Gasteiger partial charge on any atom is -0.344 e. The van der Waals surface area contributed by atoms with Gasteiger partial charge in [-0.1, -0.05) is 74.9 Å². The number of benzene rings is 2. The van der Waals surface area contributed by atoms with E-state index < -0.39 is 11.8 Å². The molecule has 0 fully saturated rings. The van der Waals surface area contributed by atoms with Gasteiger partial charge in [0.2, 0.25) is 0 Å². The summed E-state index contributed by atoms with van der Waals surface area (Å²) in [6.07, 6.45) is 1.51. The lowest BCUT2D eigenvalue weighted by molar-refractivity contribution is -0.139. The van der Waals surface area contributed by atoms with Crippen LogP contribution in [0, 0.1) is 6.92 Å². The number of hydrazone groups is 1. The molecule has 0 atom stereocenters. The molecule has 136 valence electrons. The summed E-state index contributed by atoms with van der Waals surface area (Å²) in [6.45, 7) is 8.72. The molecule has 0 radical (unpaired) electrons. The zero-order chi connectivity index (χ0) is 19.2. The first-order chi connectivity index (χ1) is 12.3. The Hall–Kier alpha value is -2.95. The van der Waals surface area contributed by atoms with Crippen LogP contribution in [0.25, 0.3) is 0 Å². The lowest BCUT2D eigenvalue weighted by Crippen LogP contribution is -2.37. The predicted octanol–water partition coefficient (Wildman–Crippen LogP) is 3.06. The maximum Gasteiger partial charge on any atom is 0.329 e. The van der Waals surface area contributed by atoms with Crippen LogP contribution in [0.1, 0.15) is 43.0 Å². The van der Waals surface area contributed by atoms with Gasteiger partial charge in [-0.25, -0.2) is 5.43 Å². The van der Waals surface area contributed by atoms with Crippen LogP contribution in [-0.4, -0.2) is 18.0 Å². The number of carbonyl (C=O) groups is 2. The summed E-state index contributed by atoms with van der Waals surface area (Å²) in [5.41, 5.74) is 6.46. The van der Waals surface area contributed by atoms with Crippen molar-refractivity contribution < 1.29 is 9.59 Å². The van der Waals surface area contributed by atoms with Gasteiger partial charge in [0, 0.05) is 6.54 Å². The number of rotatable bonds is 4. The minimum atomic E-state index is -0.792. The summed E-state index contributed by atoms with van der Waals surface area (Å²) in [7, 11) is 0. The molecule has 0 heterocycles. The van der Waals surface area contributed by atoms with Gasteiger partial charge in [0.1, 0.15) is 0 Å². The van der Waals surface area contributed by atoms with Crippen LogP contribution in [0.2, 0.25) is 0 Å². The highest BCUT2D eigenvalue weighted by molar-refractivity contribution is 6.35. The van der Waals surface area contributed by atoms with Crippen molar-refractivity contribution in [2.45, 2.75) is 39.7 Å². The summed E-state index contributed by atoms with van der Waals surface area (Å²) in [6, 6.07) is 15.6. The maximum atomic E-state index is 11.8. The molecule has 0 bridgehead atoms. The third-order valence-electron chi connectivity index (χ3n) is 3.94. The second kappa shape index (κ2) is 8.43. The fourth-order valence-electron chi connectivity index (χ4n) is 2.25. The van der Waals surface area contributed by atoms with Crippen molar-refractivity contribution in [1.29, 1.82) is 0 Å².